The van der Waals surface area contributed by atoms with Crippen molar-refractivity contribution in [2.24, 2.45) is 17.4 Å². The van der Waals surface area contributed by atoms with Crippen molar-refractivity contribution in [3.05, 3.63) is 70.2 Å². The van der Waals surface area contributed by atoms with Gasteiger partial charge in [0.15, 0.2) is 6.04 Å². The predicted octanol–water partition coefficient (Wildman–Crippen LogP) is 2.90. The molecule has 8 nitrogen and oxygen atoms in total. The molecule has 2 aromatic rings. The molecule has 1 aliphatic rings. The summed E-state index contributed by atoms with van der Waals surface area (Å²) < 4.78 is 0. The van der Waals surface area contributed by atoms with Crippen LogP contribution < -0.4 is 22.1 Å². The van der Waals surface area contributed by atoms with Crippen LogP contribution in [0.15, 0.2) is 48.5 Å². The molecule has 1 saturated carbocycles. The number of benzene rings is 2. The second-order valence-electron chi connectivity index (χ2n) is 8.04. The minimum Gasteiger partial charge on any atom is -0.479 e. The van der Waals surface area contributed by atoms with Gasteiger partial charge in [-0.3, -0.25) is 10.2 Å². The van der Waals surface area contributed by atoms with Gasteiger partial charge in [0, 0.05) is 22.2 Å². The second kappa shape index (κ2) is 12.9. The predicted molar refractivity (Wildman–Crippen MR) is 131 cm³/mol. The Morgan fingerprint density at radius 1 is 1.12 bits per heavy atom. The van der Waals surface area contributed by atoms with E-state index in [1.54, 1.807) is 30.3 Å². The van der Waals surface area contributed by atoms with Gasteiger partial charge in [-0.05, 0) is 75.0 Å². The third kappa shape index (κ3) is 8.16. The minimum atomic E-state index is -1.23. The molecular weight excluding hydrogens is 442 g/mol. The maximum absolute atomic E-state index is 12.3. The average molecular weight is 474 g/mol. The standard InChI is InChI=1S/C16H14ClN3O3.C8H18N2/c17-12-6-2-3-9(8-12)13(16(22)23)20-15(21)11-5-1-4-10(7-11)14(18)19;1-10-8-4-2-7(6-9)3-5-8/h1-8,13H,(H3,18,19)(H,20,21)(H,22,23);7-8,10H,2-6,9H2,1H3. The van der Waals surface area contributed by atoms with Crippen molar-refractivity contribution < 1.29 is 14.7 Å². The summed E-state index contributed by atoms with van der Waals surface area (Å²) in [6, 6.07) is 11.9. The number of halogens is 1. The highest BCUT2D eigenvalue weighted by Crippen LogP contribution is 2.22. The second-order valence-corrected chi connectivity index (χ2v) is 8.47. The summed E-state index contributed by atoms with van der Waals surface area (Å²) in [6.07, 6.45) is 5.28. The van der Waals surface area contributed by atoms with Crippen molar-refractivity contribution in [3.63, 3.8) is 0 Å². The maximum Gasteiger partial charge on any atom is 0.330 e. The van der Waals surface area contributed by atoms with Crippen LogP contribution in [-0.4, -0.2) is 42.5 Å². The maximum atomic E-state index is 12.3. The van der Waals surface area contributed by atoms with E-state index in [2.05, 4.69) is 10.6 Å². The van der Waals surface area contributed by atoms with Gasteiger partial charge in [-0.2, -0.15) is 0 Å². The van der Waals surface area contributed by atoms with Crippen molar-refractivity contribution in [1.29, 1.82) is 5.41 Å². The van der Waals surface area contributed by atoms with Crippen LogP contribution >= 0.6 is 11.6 Å². The molecule has 1 aliphatic carbocycles. The first-order chi connectivity index (χ1) is 15.7. The van der Waals surface area contributed by atoms with E-state index in [1.165, 1.54) is 43.9 Å². The Labute approximate surface area is 199 Å². The zero-order valence-electron chi connectivity index (χ0n) is 18.7. The molecule has 0 heterocycles. The largest absolute Gasteiger partial charge is 0.479 e. The lowest BCUT2D eigenvalue weighted by molar-refractivity contribution is -0.139. The number of amides is 1. The number of hydrogen-bond acceptors (Lipinski definition) is 5. The van der Waals surface area contributed by atoms with Crippen molar-refractivity contribution in [1.82, 2.24) is 10.6 Å². The van der Waals surface area contributed by atoms with Gasteiger partial charge in [0.2, 0.25) is 0 Å². The Hall–Kier alpha value is -2.94. The summed E-state index contributed by atoms with van der Waals surface area (Å²) in [6.45, 7) is 0.885. The molecule has 33 heavy (non-hydrogen) atoms. The van der Waals surface area contributed by atoms with Gasteiger partial charge in [0.25, 0.3) is 5.91 Å². The van der Waals surface area contributed by atoms with Crippen LogP contribution in [0.2, 0.25) is 5.02 Å². The lowest BCUT2D eigenvalue weighted by Crippen LogP contribution is -2.33. The Balaban J connectivity index is 0.000000321. The first-order valence-electron chi connectivity index (χ1n) is 10.9. The Morgan fingerprint density at radius 2 is 1.76 bits per heavy atom. The molecule has 178 valence electrons. The molecule has 8 N–H and O–H groups in total. The lowest BCUT2D eigenvalue weighted by Gasteiger charge is -2.26. The monoisotopic (exact) mass is 473 g/mol. The summed E-state index contributed by atoms with van der Waals surface area (Å²) in [5.74, 6) is -1.15. The molecular formula is C24H32ClN5O3. The van der Waals surface area contributed by atoms with Gasteiger partial charge < -0.3 is 27.2 Å². The van der Waals surface area contributed by atoms with E-state index >= 15 is 0 Å². The highest BCUT2D eigenvalue weighted by molar-refractivity contribution is 6.30. The number of carbonyl (C=O) groups excluding carboxylic acids is 1. The fourth-order valence-corrected chi connectivity index (χ4v) is 3.90. The zero-order chi connectivity index (χ0) is 24.4. The van der Waals surface area contributed by atoms with E-state index in [0.29, 0.717) is 16.1 Å². The lowest BCUT2D eigenvalue weighted by atomic mass is 9.86. The normalized spacial score (nSPS) is 18.4. The van der Waals surface area contributed by atoms with E-state index in [0.717, 1.165) is 18.5 Å². The number of aliphatic carboxylic acids is 1. The molecule has 1 fully saturated rings. The Bertz CT molecular complexity index is 949. The minimum absolute atomic E-state index is 0.177. The van der Waals surface area contributed by atoms with Crippen LogP contribution in [0.3, 0.4) is 0 Å². The first kappa shape index (κ1) is 26.3. The molecule has 0 aromatic heterocycles. The Kier molecular flexibility index (Phi) is 10.3. The molecule has 0 bridgehead atoms. The van der Waals surface area contributed by atoms with E-state index in [9.17, 15) is 14.7 Å². The SMILES string of the molecule is CNC1CCC(CN)CC1.N=C(N)c1cccc(C(=O)NC(C(=O)O)c2cccc(Cl)c2)c1. The molecule has 0 spiro atoms. The first-order valence-corrected chi connectivity index (χ1v) is 11.2. The highest BCUT2D eigenvalue weighted by atomic mass is 35.5. The highest BCUT2D eigenvalue weighted by Gasteiger charge is 2.23. The number of rotatable bonds is 7. The van der Waals surface area contributed by atoms with Gasteiger partial charge in [-0.25, -0.2) is 4.79 Å². The zero-order valence-corrected chi connectivity index (χ0v) is 19.4. The van der Waals surface area contributed by atoms with Crippen LogP contribution in [0.25, 0.3) is 0 Å². The van der Waals surface area contributed by atoms with Crippen LogP contribution in [0.5, 0.6) is 0 Å². The smallest absolute Gasteiger partial charge is 0.330 e. The molecule has 1 amide bonds. The number of carboxylic acid groups (broad SMARTS) is 1. The molecule has 0 saturated heterocycles. The third-order valence-corrected chi connectivity index (χ3v) is 5.96. The number of hydrogen-bond donors (Lipinski definition) is 6. The van der Waals surface area contributed by atoms with E-state index in [4.69, 9.17) is 28.5 Å². The fraction of sp³-hybridized carbons (Fsp3) is 0.375. The molecule has 9 heteroatoms. The topological polar surface area (TPSA) is 154 Å². The quantitative estimate of drug-likeness (QED) is 0.268. The molecule has 1 atom stereocenters. The van der Waals surface area contributed by atoms with Crippen molar-refractivity contribution in [2.45, 2.75) is 37.8 Å². The number of carboxylic acids is 1. The van der Waals surface area contributed by atoms with Crippen molar-refractivity contribution in [3.8, 4) is 0 Å². The number of nitrogens with two attached hydrogens (primary N) is 2. The van der Waals surface area contributed by atoms with Gasteiger partial charge in [0.05, 0.1) is 0 Å². The molecule has 1 unspecified atom stereocenters. The number of nitrogens with one attached hydrogen (secondary N) is 3. The van der Waals surface area contributed by atoms with Gasteiger partial charge >= 0.3 is 5.97 Å². The van der Waals surface area contributed by atoms with E-state index in [-0.39, 0.29) is 11.4 Å². The number of amidine groups is 1. The van der Waals surface area contributed by atoms with Gasteiger partial charge in [0.1, 0.15) is 5.84 Å². The molecule has 2 aromatic carbocycles. The average Bonchev–Trinajstić information content (AvgIpc) is 2.82. The third-order valence-electron chi connectivity index (χ3n) is 5.73. The van der Waals surface area contributed by atoms with Gasteiger partial charge in [-0.15, -0.1) is 0 Å². The van der Waals surface area contributed by atoms with Crippen molar-refractivity contribution in [2.75, 3.05) is 13.6 Å². The molecule has 0 radical (unpaired) electrons. The van der Waals surface area contributed by atoms with Gasteiger partial charge in [-0.1, -0.05) is 35.9 Å². The summed E-state index contributed by atoms with van der Waals surface area (Å²) in [4.78, 5) is 23.7. The Morgan fingerprint density at radius 3 is 2.30 bits per heavy atom. The molecule has 0 aliphatic heterocycles. The van der Waals surface area contributed by atoms with Crippen LogP contribution in [0.4, 0.5) is 0 Å². The summed E-state index contributed by atoms with van der Waals surface area (Å²) in [5, 5.41) is 22.8. The fourth-order valence-electron chi connectivity index (χ4n) is 3.70. The number of nitrogen functional groups attached to an aromatic ring is 1. The van der Waals surface area contributed by atoms with Crippen LogP contribution in [-0.2, 0) is 4.79 Å². The summed E-state index contributed by atoms with van der Waals surface area (Å²) >= 11 is 5.86. The van der Waals surface area contributed by atoms with Crippen molar-refractivity contribution >= 4 is 29.3 Å². The van der Waals surface area contributed by atoms with Crippen LogP contribution in [0.1, 0.15) is 53.2 Å². The van der Waals surface area contributed by atoms with E-state index < -0.39 is 17.9 Å². The summed E-state index contributed by atoms with van der Waals surface area (Å²) in [5.41, 5.74) is 11.9. The summed E-state index contributed by atoms with van der Waals surface area (Å²) in [7, 11) is 2.05. The van der Waals surface area contributed by atoms with E-state index in [1.807, 2.05) is 7.05 Å². The van der Waals surface area contributed by atoms with Crippen LogP contribution in [0, 0.1) is 11.3 Å². The number of carbonyl (C=O) groups is 2. The molecule has 3 rings (SSSR count).